The van der Waals surface area contributed by atoms with E-state index in [4.69, 9.17) is 4.74 Å². The Morgan fingerprint density at radius 3 is 2.00 bits per heavy atom. The number of methoxy groups -OCH3 is 2. The van der Waals surface area contributed by atoms with Crippen molar-refractivity contribution < 1.29 is 28.6 Å². The van der Waals surface area contributed by atoms with E-state index < -0.39 is 23.8 Å². The van der Waals surface area contributed by atoms with Gasteiger partial charge in [0.25, 0.3) is 0 Å². The quantitative estimate of drug-likeness (QED) is 0.316. The lowest BCUT2D eigenvalue weighted by Gasteiger charge is -2.18. The molecule has 0 radical (unpaired) electrons. The van der Waals surface area contributed by atoms with Crippen LogP contribution in [-0.4, -0.2) is 32.1 Å². The summed E-state index contributed by atoms with van der Waals surface area (Å²) in [4.78, 5) is 34.1. The van der Waals surface area contributed by atoms with Gasteiger partial charge in [-0.1, -0.05) is 6.92 Å². The van der Waals surface area contributed by atoms with Gasteiger partial charge >= 0.3 is 17.9 Å². The molecule has 6 nitrogen and oxygen atoms in total. The highest BCUT2D eigenvalue weighted by Gasteiger charge is 2.27. The van der Waals surface area contributed by atoms with Gasteiger partial charge in [-0.05, 0) is 13.3 Å². The summed E-state index contributed by atoms with van der Waals surface area (Å²) in [5, 5.41) is 0. The Morgan fingerprint density at radius 1 is 1.05 bits per heavy atom. The molecule has 0 N–H and O–H groups in total. The average molecular weight is 272 g/mol. The fourth-order valence-corrected chi connectivity index (χ4v) is 1.71. The Kier molecular flexibility index (Phi) is 7.48. The van der Waals surface area contributed by atoms with Crippen molar-refractivity contribution in [2.45, 2.75) is 33.6 Å². The standard InChI is InChI=1S/C13H20O6/c1-6-10(7-11(15)17-4)12(13(16)18-5)8(2)19-9(3)14/h10H,6-7H2,1-5H3/b12-8+. The van der Waals surface area contributed by atoms with Gasteiger partial charge in [-0.3, -0.25) is 9.59 Å². The molecule has 0 aliphatic rings. The van der Waals surface area contributed by atoms with Crippen molar-refractivity contribution in [2.24, 2.45) is 5.92 Å². The lowest BCUT2D eigenvalue weighted by atomic mass is 9.92. The molecule has 1 atom stereocenters. The van der Waals surface area contributed by atoms with Crippen LogP contribution in [-0.2, 0) is 28.6 Å². The highest BCUT2D eigenvalue weighted by Crippen LogP contribution is 2.25. The molecule has 1 unspecified atom stereocenters. The molecule has 0 saturated heterocycles. The fraction of sp³-hybridized carbons (Fsp3) is 0.615. The van der Waals surface area contributed by atoms with E-state index in [1.54, 1.807) is 0 Å². The lowest BCUT2D eigenvalue weighted by Crippen LogP contribution is -2.21. The molecule has 0 aromatic rings. The third kappa shape index (κ3) is 5.54. The number of allylic oxidation sites excluding steroid dienone is 1. The molecule has 6 heteroatoms. The molecule has 0 aromatic carbocycles. The summed E-state index contributed by atoms with van der Waals surface area (Å²) >= 11 is 0. The van der Waals surface area contributed by atoms with Crippen LogP contribution >= 0.6 is 0 Å². The van der Waals surface area contributed by atoms with Gasteiger partial charge in [-0.25, -0.2) is 4.79 Å². The zero-order chi connectivity index (χ0) is 15.0. The number of esters is 3. The Hall–Kier alpha value is -1.85. The van der Waals surface area contributed by atoms with Crippen LogP contribution in [0.4, 0.5) is 0 Å². The molecular formula is C13H20O6. The lowest BCUT2D eigenvalue weighted by molar-refractivity contribution is -0.142. The molecule has 0 aliphatic carbocycles. The zero-order valence-corrected chi connectivity index (χ0v) is 11.9. The number of ether oxygens (including phenoxy) is 3. The van der Waals surface area contributed by atoms with E-state index in [2.05, 4.69) is 9.47 Å². The average Bonchev–Trinajstić information content (AvgIpc) is 2.36. The molecule has 0 amide bonds. The number of rotatable bonds is 6. The van der Waals surface area contributed by atoms with E-state index in [1.807, 2.05) is 6.92 Å². The maximum atomic E-state index is 11.8. The van der Waals surface area contributed by atoms with Crippen LogP contribution in [0.3, 0.4) is 0 Å². The summed E-state index contributed by atoms with van der Waals surface area (Å²) in [6, 6.07) is 0. The van der Waals surface area contributed by atoms with Gasteiger partial charge in [0.15, 0.2) is 0 Å². The summed E-state index contributed by atoms with van der Waals surface area (Å²) in [6.45, 7) is 4.55. The third-order valence-electron chi connectivity index (χ3n) is 2.62. The van der Waals surface area contributed by atoms with Crippen molar-refractivity contribution in [1.29, 1.82) is 0 Å². The van der Waals surface area contributed by atoms with Gasteiger partial charge in [-0.2, -0.15) is 0 Å². The molecule has 0 bridgehead atoms. The highest BCUT2D eigenvalue weighted by molar-refractivity contribution is 5.90. The van der Waals surface area contributed by atoms with Crippen molar-refractivity contribution in [3.63, 3.8) is 0 Å². The Balaban J connectivity index is 5.37. The maximum absolute atomic E-state index is 11.8. The Labute approximate surface area is 112 Å². The van der Waals surface area contributed by atoms with Crippen molar-refractivity contribution in [2.75, 3.05) is 14.2 Å². The zero-order valence-electron chi connectivity index (χ0n) is 11.9. The van der Waals surface area contributed by atoms with Crippen LogP contribution in [0.2, 0.25) is 0 Å². The number of hydrogen-bond donors (Lipinski definition) is 0. The van der Waals surface area contributed by atoms with E-state index in [1.165, 1.54) is 28.1 Å². The minimum Gasteiger partial charge on any atom is -0.469 e. The van der Waals surface area contributed by atoms with Gasteiger partial charge in [0, 0.05) is 12.8 Å². The van der Waals surface area contributed by atoms with Gasteiger partial charge in [0.1, 0.15) is 5.76 Å². The summed E-state index contributed by atoms with van der Waals surface area (Å²) in [7, 11) is 2.50. The molecule has 19 heavy (non-hydrogen) atoms. The van der Waals surface area contributed by atoms with Crippen LogP contribution in [0.5, 0.6) is 0 Å². The van der Waals surface area contributed by atoms with Crippen molar-refractivity contribution in [3.8, 4) is 0 Å². The van der Waals surface area contributed by atoms with Crippen molar-refractivity contribution in [3.05, 3.63) is 11.3 Å². The van der Waals surface area contributed by atoms with E-state index in [-0.39, 0.29) is 17.8 Å². The third-order valence-corrected chi connectivity index (χ3v) is 2.62. The normalized spacial score (nSPS) is 13.1. The van der Waals surface area contributed by atoms with Crippen LogP contribution < -0.4 is 0 Å². The van der Waals surface area contributed by atoms with Gasteiger partial charge in [-0.15, -0.1) is 0 Å². The second kappa shape index (κ2) is 8.29. The molecule has 0 rings (SSSR count). The van der Waals surface area contributed by atoms with Crippen molar-refractivity contribution in [1.82, 2.24) is 0 Å². The van der Waals surface area contributed by atoms with Crippen LogP contribution in [0, 0.1) is 5.92 Å². The number of carbonyl (C=O) groups is 3. The van der Waals surface area contributed by atoms with E-state index in [0.717, 1.165) is 0 Å². The smallest absolute Gasteiger partial charge is 0.337 e. The highest BCUT2D eigenvalue weighted by atomic mass is 16.5. The SMILES string of the molecule is CCC(CC(=O)OC)/C(C(=O)OC)=C(/C)OC(C)=O. The molecule has 108 valence electrons. The summed E-state index contributed by atoms with van der Waals surface area (Å²) in [5.74, 6) is -1.86. The summed E-state index contributed by atoms with van der Waals surface area (Å²) < 4.78 is 14.2. The largest absolute Gasteiger partial charge is 0.469 e. The first-order chi connectivity index (χ1) is 8.87. The van der Waals surface area contributed by atoms with Crippen LogP contribution in [0.15, 0.2) is 11.3 Å². The molecule has 0 aliphatic heterocycles. The van der Waals surface area contributed by atoms with Crippen LogP contribution in [0.1, 0.15) is 33.6 Å². The molecule has 0 aromatic heterocycles. The van der Waals surface area contributed by atoms with Gasteiger partial charge in [0.05, 0.1) is 26.2 Å². The first-order valence-corrected chi connectivity index (χ1v) is 5.91. The van der Waals surface area contributed by atoms with E-state index >= 15 is 0 Å². The monoisotopic (exact) mass is 272 g/mol. The molecular weight excluding hydrogens is 252 g/mol. The first kappa shape index (κ1) is 17.2. The predicted octanol–water partition coefficient (Wildman–Crippen LogP) is 1.59. The molecule has 0 heterocycles. The number of carbonyl (C=O) groups excluding carboxylic acids is 3. The summed E-state index contributed by atoms with van der Waals surface area (Å²) in [5.41, 5.74) is 0.186. The first-order valence-electron chi connectivity index (χ1n) is 5.91. The van der Waals surface area contributed by atoms with Gasteiger partial charge in [0.2, 0.25) is 0 Å². The second-order valence-electron chi connectivity index (χ2n) is 3.94. The topological polar surface area (TPSA) is 78.9 Å². The van der Waals surface area contributed by atoms with Crippen LogP contribution in [0.25, 0.3) is 0 Å². The Morgan fingerprint density at radius 2 is 1.63 bits per heavy atom. The van der Waals surface area contributed by atoms with Gasteiger partial charge < -0.3 is 14.2 Å². The molecule has 0 fully saturated rings. The molecule has 0 saturated carbocycles. The second-order valence-corrected chi connectivity index (χ2v) is 3.94. The minimum atomic E-state index is -0.616. The fourth-order valence-electron chi connectivity index (χ4n) is 1.71. The maximum Gasteiger partial charge on any atom is 0.337 e. The number of hydrogen-bond acceptors (Lipinski definition) is 6. The predicted molar refractivity (Wildman–Crippen MR) is 66.9 cm³/mol. The minimum absolute atomic E-state index is 0.0238. The van der Waals surface area contributed by atoms with Crippen molar-refractivity contribution >= 4 is 17.9 Å². The Bertz CT molecular complexity index is 383. The van der Waals surface area contributed by atoms with E-state index in [9.17, 15) is 14.4 Å². The summed E-state index contributed by atoms with van der Waals surface area (Å²) in [6.07, 6.45) is 0.536. The van der Waals surface area contributed by atoms with E-state index in [0.29, 0.717) is 6.42 Å². The molecule has 0 spiro atoms.